The molecule has 1 fully saturated rings. The first-order chi connectivity index (χ1) is 10.5. The smallest absolute Gasteiger partial charge is 0.310 e. The highest BCUT2D eigenvalue weighted by Crippen LogP contribution is 2.40. The lowest BCUT2D eigenvalue weighted by Crippen LogP contribution is -2.39. The van der Waals surface area contributed by atoms with E-state index in [0.29, 0.717) is 16.5 Å². The van der Waals surface area contributed by atoms with Crippen molar-refractivity contribution in [3.8, 4) is 5.75 Å². The van der Waals surface area contributed by atoms with Crippen molar-refractivity contribution in [1.82, 2.24) is 0 Å². The predicted molar refractivity (Wildman–Crippen MR) is 79.1 cm³/mol. The number of halogens is 1. The third-order valence-corrected chi connectivity index (χ3v) is 4.20. The minimum atomic E-state index is -1.04. The summed E-state index contributed by atoms with van der Waals surface area (Å²) in [4.78, 5) is 23.8. The Labute approximate surface area is 131 Å². The molecular weight excluding hydrogens is 310 g/mol. The van der Waals surface area contributed by atoms with Gasteiger partial charge in [0, 0.05) is 5.69 Å². The van der Waals surface area contributed by atoms with Gasteiger partial charge < -0.3 is 19.9 Å². The Bertz CT molecular complexity index is 659. The molecule has 0 aromatic heterocycles. The molecule has 22 heavy (non-hydrogen) atoms. The lowest BCUT2D eigenvalue weighted by molar-refractivity contribution is -0.145. The van der Waals surface area contributed by atoms with Crippen molar-refractivity contribution >= 4 is 29.2 Å². The highest BCUT2D eigenvalue weighted by atomic mass is 35.5. The number of hydrogen-bond acceptors (Lipinski definition) is 4. The molecule has 0 saturated carbocycles. The summed E-state index contributed by atoms with van der Waals surface area (Å²) in [7, 11) is 1.50. The summed E-state index contributed by atoms with van der Waals surface area (Å²) in [6, 6.07) is 4.82. The van der Waals surface area contributed by atoms with E-state index >= 15 is 0 Å². The van der Waals surface area contributed by atoms with Gasteiger partial charge in [0.05, 0.1) is 30.3 Å². The van der Waals surface area contributed by atoms with Crippen LogP contribution in [0.4, 0.5) is 5.69 Å². The van der Waals surface area contributed by atoms with E-state index in [2.05, 4.69) is 5.32 Å². The van der Waals surface area contributed by atoms with Gasteiger partial charge in [-0.2, -0.15) is 0 Å². The van der Waals surface area contributed by atoms with Gasteiger partial charge in [0.1, 0.15) is 11.7 Å². The number of anilines is 1. The predicted octanol–water partition coefficient (Wildman–Crippen LogP) is 1.94. The van der Waals surface area contributed by atoms with Gasteiger partial charge in [-0.1, -0.05) is 23.8 Å². The van der Waals surface area contributed by atoms with Crippen molar-refractivity contribution in [3.05, 3.63) is 35.4 Å². The lowest BCUT2D eigenvalue weighted by atomic mass is 9.82. The number of ether oxygens (including phenoxy) is 2. The van der Waals surface area contributed by atoms with Crippen LogP contribution in [0.2, 0.25) is 5.02 Å². The molecule has 6 nitrogen and oxygen atoms in total. The molecule has 3 rings (SSSR count). The number of hydrogen-bond donors (Lipinski definition) is 2. The van der Waals surface area contributed by atoms with E-state index in [4.69, 9.17) is 21.1 Å². The average Bonchev–Trinajstić information content (AvgIpc) is 3.07. The van der Waals surface area contributed by atoms with Crippen LogP contribution in [0.15, 0.2) is 30.4 Å². The number of carboxylic acid groups (broad SMARTS) is 1. The van der Waals surface area contributed by atoms with Crippen LogP contribution in [-0.4, -0.2) is 36.3 Å². The number of carboxylic acids is 1. The van der Waals surface area contributed by atoms with Crippen LogP contribution in [0.25, 0.3) is 0 Å². The number of amides is 1. The monoisotopic (exact) mass is 323 g/mol. The maximum Gasteiger partial charge on any atom is 0.310 e. The Kier molecular flexibility index (Phi) is 3.80. The number of fused-ring (bicyclic) bond motifs is 2. The molecule has 4 atom stereocenters. The van der Waals surface area contributed by atoms with Crippen LogP contribution in [0.5, 0.6) is 5.75 Å². The van der Waals surface area contributed by atoms with Crippen LogP contribution in [0, 0.1) is 11.8 Å². The van der Waals surface area contributed by atoms with E-state index in [1.54, 1.807) is 30.4 Å². The minimum Gasteiger partial charge on any atom is -0.495 e. The molecule has 2 N–H and O–H groups in total. The standard InChI is InChI=1S/C15H14ClNO5/c1-21-9-3-2-7(6-8(9)16)17-14(18)12-10-4-5-11(22-10)13(12)15(19)20/h2-6,10-13H,1H3,(H,17,18)(H,19,20)/t10-,11-,12-,13-/m0/s1. The first kappa shape index (κ1) is 14.9. The fourth-order valence-corrected chi connectivity index (χ4v) is 3.14. The van der Waals surface area contributed by atoms with Gasteiger partial charge >= 0.3 is 5.97 Å². The third-order valence-electron chi connectivity index (χ3n) is 3.91. The highest BCUT2D eigenvalue weighted by molar-refractivity contribution is 6.32. The summed E-state index contributed by atoms with van der Waals surface area (Å²) in [6.45, 7) is 0. The molecule has 0 radical (unpaired) electrons. The zero-order valence-electron chi connectivity index (χ0n) is 11.7. The Morgan fingerprint density at radius 2 is 1.95 bits per heavy atom. The van der Waals surface area contributed by atoms with Crippen molar-refractivity contribution in [2.24, 2.45) is 11.8 Å². The first-order valence-corrected chi connectivity index (χ1v) is 7.10. The maximum absolute atomic E-state index is 12.4. The third kappa shape index (κ3) is 2.44. The summed E-state index contributed by atoms with van der Waals surface area (Å²) in [5.74, 6) is -2.57. The lowest BCUT2D eigenvalue weighted by Gasteiger charge is -2.21. The highest BCUT2D eigenvalue weighted by Gasteiger charge is 2.53. The molecule has 1 saturated heterocycles. The van der Waals surface area contributed by atoms with Crippen molar-refractivity contribution in [2.45, 2.75) is 12.2 Å². The molecule has 0 unspecified atom stereocenters. The van der Waals surface area contributed by atoms with Crippen molar-refractivity contribution < 1.29 is 24.2 Å². The summed E-state index contributed by atoms with van der Waals surface area (Å²) in [5.41, 5.74) is 0.478. The van der Waals surface area contributed by atoms with Crippen LogP contribution < -0.4 is 10.1 Å². The maximum atomic E-state index is 12.4. The van der Waals surface area contributed by atoms with Crippen molar-refractivity contribution in [3.63, 3.8) is 0 Å². The van der Waals surface area contributed by atoms with Gasteiger partial charge in [-0.25, -0.2) is 0 Å². The molecule has 7 heteroatoms. The number of aliphatic carboxylic acids is 1. The topological polar surface area (TPSA) is 84.9 Å². The quantitative estimate of drug-likeness (QED) is 0.827. The molecule has 2 aliphatic rings. The molecule has 2 bridgehead atoms. The van der Waals surface area contributed by atoms with Gasteiger partial charge in [-0.05, 0) is 18.2 Å². The number of benzene rings is 1. The largest absolute Gasteiger partial charge is 0.495 e. The Morgan fingerprint density at radius 1 is 1.27 bits per heavy atom. The minimum absolute atomic E-state index is 0.360. The Balaban J connectivity index is 1.78. The second-order valence-corrected chi connectivity index (χ2v) is 5.59. The van der Waals surface area contributed by atoms with E-state index in [1.807, 2.05) is 0 Å². The molecule has 1 aromatic carbocycles. The van der Waals surface area contributed by atoms with Crippen LogP contribution >= 0.6 is 11.6 Å². The normalized spacial score (nSPS) is 28.6. The molecular formula is C15H14ClNO5. The van der Waals surface area contributed by atoms with Gasteiger partial charge in [-0.15, -0.1) is 0 Å². The second-order valence-electron chi connectivity index (χ2n) is 5.18. The Morgan fingerprint density at radius 3 is 2.55 bits per heavy atom. The van der Waals surface area contributed by atoms with Gasteiger partial charge in [-0.3, -0.25) is 9.59 Å². The number of carbonyl (C=O) groups is 2. The van der Waals surface area contributed by atoms with Crippen molar-refractivity contribution in [2.75, 3.05) is 12.4 Å². The van der Waals surface area contributed by atoms with E-state index in [-0.39, 0.29) is 0 Å². The number of rotatable bonds is 4. The fraction of sp³-hybridized carbons (Fsp3) is 0.333. The number of methoxy groups -OCH3 is 1. The zero-order chi connectivity index (χ0) is 15.9. The molecule has 0 spiro atoms. The summed E-state index contributed by atoms with van der Waals surface area (Å²) in [5, 5.41) is 12.4. The molecule has 0 aliphatic carbocycles. The van der Waals surface area contributed by atoms with Crippen LogP contribution in [0.1, 0.15) is 0 Å². The fourth-order valence-electron chi connectivity index (χ4n) is 2.88. The van der Waals surface area contributed by atoms with Gasteiger partial charge in [0.15, 0.2) is 0 Å². The van der Waals surface area contributed by atoms with E-state index < -0.39 is 35.9 Å². The van der Waals surface area contributed by atoms with Crippen LogP contribution in [-0.2, 0) is 14.3 Å². The summed E-state index contributed by atoms with van der Waals surface area (Å²) in [6.07, 6.45) is 2.38. The molecule has 2 aliphatic heterocycles. The summed E-state index contributed by atoms with van der Waals surface area (Å²) >= 11 is 6.01. The van der Waals surface area contributed by atoms with Gasteiger partial charge in [0.25, 0.3) is 0 Å². The molecule has 116 valence electrons. The zero-order valence-corrected chi connectivity index (χ0v) is 12.4. The average molecular weight is 324 g/mol. The second kappa shape index (κ2) is 5.62. The van der Waals surface area contributed by atoms with E-state index in [9.17, 15) is 14.7 Å². The van der Waals surface area contributed by atoms with Crippen molar-refractivity contribution in [1.29, 1.82) is 0 Å². The summed E-state index contributed by atoms with van der Waals surface area (Å²) < 4.78 is 10.5. The number of carbonyl (C=O) groups excluding carboxylic acids is 1. The van der Waals surface area contributed by atoms with E-state index in [1.165, 1.54) is 7.11 Å². The molecule has 1 amide bonds. The van der Waals surface area contributed by atoms with Crippen LogP contribution in [0.3, 0.4) is 0 Å². The Hall–Kier alpha value is -2.05. The van der Waals surface area contributed by atoms with Gasteiger partial charge in [0.2, 0.25) is 5.91 Å². The number of nitrogens with one attached hydrogen (secondary N) is 1. The first-order valence-electron chi connectivity index (χ1n) is 6.72. The molecule has 1 aromatic rings. The molecule has 2 heterocycles. The SMILES string of the molecule is COc1ccc(NC(=O)[C@@H]2[C@@H](C(=O)O)[C@@H]3C=C[C@@H]2O3)cc1Cl. The van der Waals surface area contributed by atoms with E-state index in [0.717, 1.165) is 0 Å².